The SMILES string of the molecule is O=C(NC1C=CC(C(=O)O)C1)c1cncc(O)c1. The van der Waals surface area contributed by atoms with E-state index in [0.29, 0.717) is 6.42 Å². The number of pyridine rings is 1. The second-order valence-electron chi connectivity index (χ2n) is 4.08. The summed E-state index contributed by atoms with van der Waals surface area (Å²) in [7, 11) is 0. The van der Waals surface area contributed by atoms with Crippen LogP contribution in [0.4, 0.5) is 0 Å². The van der Waals surface area contributed by atoms with E-state index in [1.807, 2.05) is 0 Å². The van der Waals surface area contributed by atoms with Gasteiger partial charge in [0.25, 0.3) is 5.91 Å². The number of rotatable bonds is 3. The first-order valence-electron chi connectivity index (χ1n) is 5.42. The maximum atomic E-state index is 11.8. The van der Waals surface area contributed by atoms with E-state index >= 15 is 0 Å². The highest BCUT2D eigenvalue weighted by Crippen LogP contribution is 2.18. The Morgan fingerprint density at radius 1 is 1.33 bits per heavy atom. The number of aromatic nitrogens is 1. The third-order valence-corrected chi connectivity index (χ3v) is 2.70. The molecule has 3 N–H and O–H groups in total. The number of hydrogen-bond acceptors (Lipinski definition) is 4. The van der Waals surface area contributed by atoms with Gasteiger partial charge in [-0.05, 0) is 12.5 Å². The van der Waals surface area contributed by atoms with Crippen LogP contribution in [0, 0.1) is 5.92 Å². The van der Waals surface area contributed by atoms with Crippen molar-refractivity contribution in [3.8, 4) is 5.75 Å². The van der Waals surface area contributed by atoms with Crippen LogP contribution < -0.4 is 5.32 Å². The summed E-state index contributed by atoms with van der Waals surface area (Å²) in [5, 5.41) is 20.7. The van der Waals surface area contributed by atoms with Crippen molar-refractivity contribution in [3.63, 3.8) is 0 Å². The highest BCUT2D eigenvalue weighted by molar-refractivity contribution is 5.94. The molecular formula is C12H12N2O4. The number of carbonyl (C=O) groups is 2. The van der Waals surface area contributed by atoms with Gasteiger partial charge >= 0.3 is 5.97 Å². The largest absolute Gasteiger partial charge is 0.506 e. The molecule has 2 unspecified atom stereocenters. The van der Waals surface area contributed by atoms with Crippen molar-refractivity contribution in [1.29, 1.82) is 0 Å². The molecule has 0 fully saturated rings. The predicted octanol–water partition coefficient (Wildman–Crippen LogP) is 0.546. The Bertz CT molecular complexity index is 513. The molecule has 0 radical (unpaired) electrons. The number of carboxylic acid groups (broad SMARTS) is 1. The molecule has 94 valence electrons. The van der Waals surface area contributed by atoms with Crippen molar-refractivity contribution in [2.75, 3.05) is 0 Å². The number of amides is 1. The summed E-state index contributed by atoms with van der Waals surface area (Å²) in [6.45, 7) is 0. The quantitative estimate of drug-likeness (QED) is 0.678. The molecule has 0 saturated heterocycles. The normalized spacial score (nSPS) is 21.8. The first-order valence-corrected chi connectivity index (χ1v) is 5.42. The molecule has 2 atom stereocenters. The Kier molecular flexibility index (Phi) is 3.27. The van der Waals surface area contributed by atoms with Crippen molar-refractivity contribution >= 4 is 11.9 Å². The van der Waals surface area contributed by atoms with E-state index in [1.165, 1.54) is 18.5 Å². The van der Waals surface area contributed by atoms with Crippen LogP contribution >= 0.6 is 0 Å². The third-order valence-electron chi connectivity index (χ3n) is 2.70. The Labute approximate surface area is 103 Å². The number of nitrogens with zero attached hydrogens (tertiary/aromatic N) is 1. The van der Waals surface area contributed by atoms with Crippen LogP contribution in [0.1, 0.15) is 16.8 Å². The van der Waals surface area contributed by atoms with E-state index in [4.69, 9.17) is 5.11 Å². The Morgan fingerprint density at radius 2 is 2.11 bits per heavy atom. The lowest BCUT2D eigenvalue weighted by Crippen LogP contribution is -2.33. The second kappa shape index (κ2) is 4.87. The molecule has 0 bridgehead atoms. The number of aliphatic carboxylic acids is 1. The number of nitrogens with one attached hydrogen (secondary N) is 1. The molecule has 1 aliphatic carbocycles. The molecule has 6 nitrogen and oxygen atoms in total. The molecule has 0 saturated carbocycles. The lowest BCUT2D eigenvalue weighted by atomic mass is 10.1. The number of aromatic hydroxyl groups is 1. The molecule has 0 spiro atoms. The smallest absolute Gasteiger partial charge is 0.310 e. The van der Waals surface area contributed by atoms with Crippen molar-refractivity contribution < 1.29 is 19.8 Å². The maximum Gasteiger partial charge on any atom is 0.310 e. The number of carbonyl (C=O) groups excluding carboxylic acids is 1. The standard InChI is InChI=1S/C12H12N2O4/c15-10-4-8(5-13-6-10)11(16)14-9-2-1-7(3-9)12(17)18/h1-2,4-7,9,15H,3H2,(H,14,16)(H,17,18). The Balaban J connectivity index is 1.97. The van der Waals surface area contributed by atoms with Crippen LogP contribution in [0.5, 0.6) is 5.75 Å². The van der Waals surface area contributed by atoms with Crippen molar-refractivity contribution in [3.05, 3.63) is 36.2 Å². The molecule has 0 aromatic carbocycles. The van der Waals surface area contributed by atoms with Crippen LogP contribution in [-0.4, -0.2) is 33.1 Å². The molecule has 0 aliphatic heterocycles. The van der Waals surface area contributed by atoms with E-state index in [0.717, 1.165) is 0 Å². The summed E-state index contributed by atoms with van der Waals surface area (Å²) >= 11 is 0. The molecule has 18 heavy (non-hydrogen) atoms. The van der Waals surface area contributed by atoms with Crippen LogP contribution in [-0.2, 0) is 4.79 Å². The molecule has 6 heteroatoms. The van der Waals surface area contributed by atoms with Crippen molar-refractivity contribution in [1.82, 2.24) is 10.3 Å². The molecular weight excluding hydrogens is 236 g/mol. The highest BCUT2D eigenvalue weighted by Gasteiger charge is 2.25. The lowest BCUT2D eigenvalue weighted by molar-refractivity contribution is -0.140. The van der Waals surface area contributed by atoms with Gasteiger partial charge in [-0.15, -0.1) is 0 Å². The summed E-state index contributed by atoms with van der Waals surface area (Å²) in [5.41, 5.74) is 0.238. The van der Waals surface area contributed by atoms with Gasteiger partial charge in [-0.2, -0.15) is 0 Å². The number of carboxylic acids is 1. The zero-order valence-electron chi connectivity index (χ0n) is 9.41. The fourth-order valence-electron chi connectivity index (χ4n) is 1.79. The summed E-state index contributed by atoms with van der Waals surface area (Å²) in [4.78, 5) is 26.2. The summed E-state index contributed by atoms with van der Waals surface area (Å²) < 4.78 is 0. The van der Waals surface area contributed by atoms with Gasteiger partial charge in [0.15, 0.2) is 0 Å². The average molecular weight is 248 g/mol. The van der Waals surface area contributed by atoms with E-state index in [-0.39, 0.29) is 23.3 Å². The summed E-state index contributed by atoms with van der Waals surface area (Å²) in [6.07, 6.45) is 6.13. The first-order chi connectivity index (χ1) is 8.56. The molecule has 1 aromatic rings. The summed E-state index contributed by atoms with van der Waals surface area (Å²) in [5.74, 6) is -1.94. The van der Waals surface area contributed by atoms with E-state index in [2.05, 4.69) is 10.3 Å². The molecule has 1 aliphatic rings. The van der Waals surface area contributed by atoms with Gasteiger partial charge in [-0.1, -0.05) is 12.2 Å². The van der Waals surface area contributed by atoms with Crippen LogP contribution in [0.3, 0.4) is 0 Å². The van der Waals surface area contributed by atoms with Crippen LogP contribution in [0.25, 0.3) is 0 Å². The van der Waals surface area contributed by atoms with Gasteiger partial charge in [0.05, 0.1) is 17.7 Å². The first kappa shape index (κ1) is 12.1. The Morgan fingerprint density at radius 3 is 2.72 bits per heavy atom. The van der Waals surface area contributed by atoms with Crippen LogP contribution in [0.2, 0.25) is 0 Å². The highest BCUT2D eigenvalue weighted by atomic mass is 16.4. The molecule has 1 amide bonds. The van der Waals surface area contributed by atoms with E-state index < -0.39 is 11.9 Å². The zero-order valence-corrected chi connectivity index (χ0v) is 9.41. The lowest BCUT2D eigenvalue weighted by Gasteiger charge is -2.11. The van der Waals surface area contributed by atoms with Crippen LogP contribution in [0.15, 0.2) is 30.6 Å². The minimum atomic E-state index is -0.901. The fourth-order valence-corrected chi connectivity index (χ4v) is 1.79. The fraction of sp³-hybridized carbons (Fsp3) is 0.250. The molecule has 1 aromatic heterocycles. The van der Waals surface area contributed by atoms with Gasteiger partial charge in [0, 0.05) is 12.2 Å². The second-order valence-corrected chi connectivity index (χ2v) is 4.08. The molecule has 2 rings (SSSR count). The minimum Gasteiger partial charge on any atom is -0.506 e. The predicted molar refractivity (Wildman–Crippen MR) is 62.0 cm³/mol. The van der Waals surface area contributed by atoms with Gasteiger partial charge < -0.3 is 15.5 Å². The third kappa shape index (κ3) is 2.65. The molecule has 1 heterocycles. The maximum absolute atomic E-state index is 11.8. The van der Waals surface area contributed by atoms with E-state index in [1.54, 1.807) is 12.2 Å². The monoisotopic (exact) mass is 248 g/mol. The Hall–Kier alpha value is -2.37. The van der Waals surface area contributed by atoms with Gasteiger partial charge in [-0.25, -0.2) is 0 Å². The van der Waals surface area contributed by atoms with Crippen molar-refractivity contribution in [2.24, 2.45) is 5.92 Å². The topological polar surface area (TPSA) is 99.5 Å². The van der Waals surface area contributed by atoms with E-state index in [9.17, 15) is 14.7 Å². The minimum absolute atomic E-state index is 0.0898. The summed E-state index contributed by atoms with van der Waals surface area (Å²) in [6, 6.07) is 0.997. The van der Waals surface area contributed by atoms with Crippen molar-refractivity contribution in [2.45, 2.75) is 12.5 Å². The number of hydrogen-bond donors (Lipinski definition) is 3. The van der Waals surface area contributed by atoms with Gasteiger partial charge in [0.2, 0.25) is 0 Å². The zero-order chi connectivity index (χ0) is 13.1. The van der Waals surface area contributed by atoms with Gasteiger partial charge in [-0.3, -0.25) is 14.6 Å². The van der Waals surface area contributed by atoms with Gasteiger partial charge in [0.1, 0.15) is 5.75 Å². The average Bonchev–Trinajstić information content (AvgIpc) is 2.77.